The average Bonchev–Trinajstić information content (AvgIpc) is 2.73. The third-order valence-corrected chi connectivity index (χ3v) is 5.12. The number of nitrogens with one attached hydrogen (secondary N) is 1. The van der Waals surface area contributed by atoms with Gasteiger partial charge in [0.15, 0.2) is 5.96 Å². The molecule has 0 unspecified atom stereocenters. The molecule has 0 aromatic heterocycles. The van der Waals surface area contributed by atoms with Crippen molar-refractivity contribution in [2.75, 3.05) is 40.5 Å². The maximum absolute atomic E-state index is 5.96. The summed E-state index contributed by atoms with van der Waals surface area (Å²) in [6.07, 6.45) is 3.41. The van der Waals surface area contributed by atoms with Gasteiger partial charge >= 0.3 is 0 Å². The minimum absolute atomic E-state index is 0. The summed E-state index contributed by atoms with van der Waals surface area (Å²) in [5, 5.41) is 6.11. The molecule has 0 aliphatic carbocycles. The van der Waals surface area contributed by atoms with Crippen molar-refractivity contribution in [2.24, 2.45) is 4.99 Å². The molecule has 3 rings (SSSR count). The van der Waals surface area contributed by atoms with Crippen LogP contribution in [0, 0.1) is 0 Å². The largest absolute Gasteiger partial charge is 0.385 e. The Bertz CT molecular complexity index is 740. The number of fused-ring (bicyclic) bond motifs is 1. The molecule has 0 bridgehead atoms. The number of nitrogens with zero attached hydrogens (tertiary/aromatic N) is 2. The third kappa shape index (κ3) is 6.32. The Hall–Kier alpha value is -1.38. The molecule has 0 radical (unpaired) electrons. The Morgan fingerprint density at radius 1 is 1.11 bits per heavy atom. The molecule has 5 nitrogen and oxygen atoms in total. The Kier molecular flexibility index (Phi) is 10.0. The summed E-state index contributed by atoms with van der Waals surface area (Å²) in [4.78, 5) is 6.83. The van der Waals surface area contributed by atoms with Gasteiger partial charge in [-0.3, -0.25) is 4.99 Å². The van der Waals surface area contributed by atoms with Gasteiger partial charge in [0, 0.05) is 47.0 Å². The summed E-state index contributed by atoms with van der Waals surface area (Å²) in [5.41, 5.74) is 1.30. The zero-order valence-corrected chi connectivity index (χ0v) is 19.2. The topological polar surface area (TPSA) is 46.1 Å². The molecule has 1 aliphatic heterocycles. The van der Waals surface area contributed by atoms with E-state index in [0.29, 0.717) is 6.10 Å². The maximum Gasteiger partial charge on any atom is 0.193 e. The quantitative estimate of drug-likeness (QED) is 0.272. The Labute approximate surface area is 185 Å². The number of hydrogen-bond acceptors (Lipinski definition) is 3. The number of piperidine rings is 1. The molecule has 0 atom stereocenters. The summed E-state index contributed by atoms with van der Waals surface area (Å²) in [5.74, 6) is 0.973. The zero-order chi connectivity index (χ0) is 18.9. The highest BCUT2D eigenvalue weighted by molar-refractivity contribution is 14.0. The first kappa shape index (κ1) is 22.9. The normalized spacial score (nSPS) is 15.5. The molecule has 1 N–H and O–H groups in total. The van der Waals surface area contributed by atoms with E-state index in [1.165, 1.54) is 16.3 Å². The molecular weight excluding hydrogens is 465 g/mol. The highest BCUT2D eigenvalue weighted by Crippen LogP contribution is 2.19. The Morgan fingerprint density at radius 3 is 2.61 bits per heavy atom. The van der Waals surface area contributed by atoms with Crippen molar-refractivity contribution < 1.29 is 9.47 Å². The van der Waals surface area contributed by atoms with Crippen molar-refractivity contribution in [3.8, 4) is 0 Å². The molecule has 1 aliphatic rings. The molecule has 28 heavy (non-hydrogen) atoms. The second-order valence-electron chi connectivity index (χ2n) is 6.94. The van der Waals surface area contributed by atoms with Crippen LogP contribution in [-0.4, -0.2) is 57.4 Å². The molecule has 6 heteroatoms. The Balaban J connectivity index is 0.00000280. The van der Waals surface area contributed by atoms with Crippen molar-refractivity contribution >= 4 is 40.7 Å². The van der Waals surface area contributed by atoms with E-state index in [4.69, 9.17) is 9.47 Å². The Morgan fingerprint density at radius 2 is 1.86 bits per heavy atom. The van der Waals surface area contributed by atoms with Gasteiger partial charge in [-0.2, -0.15) is 0 Å². The van der Waals surface area contributed by atoms with E-state index in [0.717, 1.165) is 58.1 Å². The van der Waals surface area contributed by atoms with Crippen LogP contribution in [0.5, 0.6) is 0 Å². The first-order valence-corrected chi connectivity index (χ1v) is 9.84. The van der Waals surface area contributed by atoms with Gasteiger partial charge in [0.05, 0.1) is 6.10 Å². The van der Waals surface area contributed by atoms with Crippen LogP contribution in [0.4, 0.5) is 0 Å². The van der Waals surface area contributed by atoms with Gasteiger partial charge in [0.1, 0.15) is 0 Å². The van der Waals surface area contributed by atoms with E-state index in [1.54, 1.807) is 7.11 Å². The van der Waals surface area contributed by atoms with Crippen LogP contribution >= 0.6 is 24.0 Å². The van der Waals surface area contributed by atoms with E-state index >= 15 is 0 Å². The SMILES string of the molecule is CN=C(NCc1cccc2ccccc12)N1CCC(OCCCOC)CC1.I. The number of aliphatic imine (C=N–C) groups is 1. The summed E-state index contributed by atoms with van der Waals surface area (Å²) in [6, 6.07) is 15.0. The summed E-state index contributed by atoms with van der Waals surface area (Å²) < 4.78 is 11.0. The number of benzene rings is 2. The van der Waals surface area contributed by atoms with Crippen molar-refractivity contribution in [3.05, 3.63) is 48.0 Å². The lowest BCUT2D eigenvalue weighted by atomic mass is 10.0. The highest BCUT2D eigenvalue weighted by Gasteiger charge is 2.21. The average molecular weight is 497 g/mol. The van der Waals surface area contributed by atoms with Crippen LogP contribution in [0.3, 0.4) is 0 Å². The molecule has 2 aromatic rings. The van der Waals surface area contributed by atoms with Crippen molar-refractivity contribution in [2.45, 2.75) is 31.9 Å². The number of ether oxygens (including phenoxy) is 2. The molecule has 0 amide bonds. The van der Waals surface area contributed by atoms with Crippen molar-refractivity contribution in [1.29, 1.82) is 0 Å². The minimum Gasteiger partial charge on any atom is -0.385 e. The molecular formula is C22H32IN3O2. The maximum atomic E-state index is 5.96. The van der Waals surface area contributed by atoms with Gasteiger partial charge in [-0.05, 0) is 35.6 Å². The second kappa shape index (κ2) is 12.2. The standard InChI is InChI=1S/C22H31N3O2.HI/c1-23-22(25-13-11-20(12-14-25)27-16-6-15-26-2)24-17-19-9-5-8-18-7-3-4-10-21(18)19;/h3-5,7-10,20H,6,11-17H2,1-2H3,(H,23,24);1H. The van der Waals surface area contributed by atoms with Crippen LogP contribution in [0.1, 0.15) is 24.8 Å². The number of halogens is 1. The lowest BCUT2D eigenvalue weighted by Gasteiger charge is -2.34. The molecule has 1 fully saturated rings. The zero-order valence-electron chi connectivity index (χ0n) is 16.9. The second-order valence-corrected chi connectivity index (χ2v) is 6.94. The van der Waals surface area contributed by atoms with Crippen LogP contribution in [0.2, 0.25) is 0 Å². The highest BCUT2D eigenvalue weighted by atomic mass is 127. The van der Waals surface area contributed by atoms with Gasteiger partial charge in [0.2, 0.25) is 0 Å². The first-order valence-electron chi connectivity index (χ1n) is 9.84. The van der Waals surface area contributed by atoms with Crippen molar-refractivity contribution in [3.63, 3.8) is 0 Å². The fourth-order valence-electron chi connectivity index (χ4n) is 3.64. The number of methoxy groups -OCH3 is 1. The summed E-state index contributed by atoms with van der Waals surface area (Å²) in [6.45, 7) is 4.28. The van der Waals surface area contributed by atoms with E-state index in [9.17, 15) is 0 Å². The summed E-state index contributed by atoms with van der Waals surface area (Å²) in [7, 11) is 3.59. The molecule has 1 heterocycles. The lowest BCUT2D eigenvalue weighted by molar-refractivity contribution is 0.00990. The third-order valence-electron chi connectivity index (χ3n) is 5.12. The van der Waals surface area contributed by atoms with Gasteiger partial charge in [0.25, 0.3) is 0 Å². The molecule has 0 saturated carbocycles. The molecule has 0 spiro atoms. The predicted molar refractivity (Wildman–Crippen MR) is 127 cm³/mol. The van der Waals surface area contributed by atoms with Crippen LogP contribution in [-0.2, 0) is 16.0 Å². The number of hydrogen-bond donors (Lipinski definition) is 1. The number of guanidine groups is 1. The lowest BCUT2D eigenvalue weighted by Crippen LogP contribution is -2.46. The number of likely N-dealkylation sites (tertiary alicyclic amines) is 1. The molecule has 2 aromatic carbocycles. The fourth-order valence-corrected chi connectivity index (χ4v) is 3.64. The monoisotopic (exact) mass is 497 g/mol. The minimum atomic E-state index is 0. The summed E-state index contributed by atoms with van der Waals surface area (Å²) >= 11 is 0. The van der Waals surface area contributed by atoms with Gasteiger partial charge in [-0.15, -0.1) is 24.0 Å². The van der Waals surface area contributed by atoms with E-state index in [-0.39, 0.29) is 24.0 Å². The van der Waals surface area contributed by atoms with Gasteiger partial charge in [-0.1, -0.05) is 42.5 Å². The van der Waals surface area contributed by atoms with Crippen LogP contribution in [0.15, 0.2) is 47.5 Å². The predicted octanol–water partition coefficient (Wildman–Crippen LogP) is 4.05. The van der Waals surface area contributed by atoms with Crippen LogP contribution in [0.25, 0.3) is 10.8 Å². The smallest absolute Gasteiger partial charge is 0.193 e. The van der Waals surface area contributed by atoms with E-state index in [1.807, 2.05) is 7.05 Å². The fraction of sp³-hybridized carbons (Fsp3) is 0.500. The first-order chi connectivity index (χ1) is 13.3. The number of rotatable bonds is 7. The van der Waals surface area contributed by atoms with Gasteiger partial charge in [-0.25, -0.2) is 0 Å². The molecule has 154 valence electrons. The molecule has 1 saturated heterocycles. The van der Waals surface area contributed by atoms with Gasteiger partial charge < -0.3 is 19.7 Å². The van der Waals surface area contributed by atoms with Crippen LogP contribution < -0.4 is 5.32 Å². The van der Waals surface area contributed by atoms with E-state index < -0.39 is 0 Å². The van der Waals surface area contributed by atoms with E-state index in [2.05, 4.69) is 57.7 Å². The van der Waals surface area contributed by atoms with Crippen molar-refractivity contribution in [1.82, 2.24) is 10.2 Å².